The van der Waals surface area contributed by atoms with E-state index >= 15 is 0 Å². The molecular weight excluding hydrogens is 648 g/mol. The molecule has 18 heteroatoms. The summed E-state index contributed by atoms with van der Waals surface area (Å²) >= 11 is 0. The summed E-state index contributed by atoms with van der Waals surface area (Å²) < 4.78 is 36.3. The number of rotatable bonds is 10. The molecule has 1 aliphatic rings. The number of hydrogen-bond donors (Lipinski definition) is 4. The van der Waals surface area contributed by atoms with Gasteiger partial charge in [-0.25, -0.2) is 19.0 Å². The molecule has 0 radical (unpaired) electrons. The van der Waals surface area contributed by atoms with Crippen LogP contribution in [0, 0.1) is 0 Å². The van der Waals surface area contributed by atoms with Crippen LogP contribution < -0.4 is 20.7 Å². The Kier molecular flexibility index (Phi) is 8.43. The largest absolute Gasteiger partial charge is 0.508 e. The molecule has 1 aliphatic heterocycles. The molecule has 0 amide bonds. The fraction of sp³-hybridized carbons (Fsp3) is 0.290. The zero-order chi connectivity index (χ0) is 34.2. The van der Waals surface area contributed by atoms with Gasteiger partial charge in [0, 0.05) is 30.0 Å². The molecule has 0 saturated carbocycles. The first-order chi connectivity index (χ1) is 23.7. The first kappa shape index (κ1) is 31.8. The van der Waals surface area contributed by atoms with Crippen molar-refractivity contribution in [1.29, 1.82) is 0 Å². The van der Waals surface area contributed by atoms with Crippen LogP contribution in [-0.4, -0.2) is 94.8 Å². The summed E-state index contributed by atoms with van der Waals surface area (Å²) in [6, 6.07) is 12.0. The van der Waals surface area contributed by atoms with E-state index in [4.69, 9.17) is 27.8 Å². The Morgan fingerprint density at radius 2 is 1.29 bits per heavy atom. The Bertz CT molecular complexity index is 2250. The van der Waals surface area contributed by atoms with Crippen molar-refractivity contribution in [2.24, 2.45) is 0 Å². The maximum atomic E-state index is 12.6. The highest BCUT2D eigenvalue weighted by atomic mass is 16.7. The smallest absolute Gasteiger partial charge is 0.341 e. The van der Waals surface area contributed by atoms with Crippen LogP contribution in [0.4, 0.5) is 0 Å². The second-order valence-electron chi connectivity index (χ2n) is 11.2. The third-order valence-electron chi connectivity index (χ3n) is 7.82. The number of ether oxygens (including phenoxy) is 4. The molecule has 5 atom stereocenters. The van der Waals surface area contributed by atoms with Crippen molar-refractivity contribution < 1.29 is 48.2 Å². The standard InChI is InChI=1S/C31H28N6O12/c1-44-31-26(41)28(49-25-13-37(35-33-25)11-18-7-16-3-5-20(40)9-22(16)46-30(18)43)27(23(14-38)47-31)48-24-12-36(34-32-24)10-17-6-15-2-4-19(39)8-21(15)45-29(17)42/h2-9,12-13,23,26-28,31,38-41H,10-11,14H2,1H3/t23-,26-,27-,28-,31+/m1/s1. The SMILES string of the molecule is CO[C@H]1O[C@H](CO)[C@@H](Oc2cn(Cc3cc4ccc(O)cc4oc3=O)nn2)[C@H](Oc2cn(Cc3cc4ccc(O)cc4oc3=O)nn2)[C@H]1O. The van der Waals surface area contributed by atoms with Gasteiger partial charge in [-0.05, 0) is 36.4 Å². The first-order valence-electron chi connectivity index (χ1n) is 14.8. The molecule has 1 fully saturated rings. The van der Waals surface area contributed by atoms with Crippen LogP contribution in [0.25, 0.3) is 21.9 Å². The fourth-order valence-electron chi connectivity index (χ4n) is 5.47. The van der Waals surface area contributed by atoms with Gasteiger partial charge in [0.05, 0.1) is 43.2 Å². The number of aromatic nitrogens is 6. The molecule has 18 nitrogen and oxygen atoms in total. The molecule has 0 bridgehead atoms. The van der Waals surface area contributed by atoms with Gasteiger partial charge in [0.2, 0.25) is 0 Å². The van der Waals surface area contributed by atoms with Gasteiger partial charge in [-0.15, -0.1) is 0 Å². The number of phenols is 2. The average molecular weight is 677 g/mol. The zero-order valence-electron chi connectivity index (χ0n) is 25.5. The number of hydrogen-bond acceptors (Lipinski definition) is 16. The van der Waals surface area contributed by atoms with Crippen molar-refractivity contribution in [2.45, 2.75) is 43.8 Å². The van der Waals surface area contributed by atoms with E-state index in [9.17, 15) is 30.0 Å². The highest BCUT2D eigenvalue weighted by Crippen LogP contribution is 2.29. The van der Waals surface area contributed by atoms with Gasteiger partial charge in [-0.2, -0.15) is 0 Å². The van der Waals surface area contributed by atoms with Crippen LogP contribution in [0.5, 0.6) is 23.3 Å². The zero-order valence-corrected chi connectivity index (χ0v) is 25.5. The molecule has 0 spiro atoms. The summed E-state index contributed by atoms with van der Waals surface area (Å²) in [6.45, 7) is -0.621. The highest BCUT2D eigenvalue weighted by Gasteiger charge is 2.49. The van der Waals surface area contributed by atoms with Crippen molar-refractivity contribution in [3.63, 3.8) is 0 Å². The highest BCUT2D eigenvalue weighted by molar-refractivity contribution is 5.79. The lowest BCUT2D eigenvalue weighted by atomic mass is 9.98. The molecule has 7 rings (SSSR count). The molecule has 6 aromatic rings. The minimum Gasteiger partial charge on any atom is -0.508 e. The molecule has 1 saturated heterocycles. The lowest BCUT2D eigenvalue weighted by Crippen LogP contribution is -2.63. The molecule has 49 heavy (non-hydrogen) atoms. The maximum absolute atomic E-state index is 12.6. The second-order valence-corrected chi connectivity index (χ2v) is 11.2. The predicted molar refractivity (Wildman–Crippen MR) is 164 cm³/mol. The second kappa shape index (κ2) is 13.0. The van der Waals surface area contributed by atoms with Crippen LogP contribution in [0.15, 0.2) is 79.3 Å². The maximum Gasteiger partial charge on any atom is 0.341 e. The van der Waals surface area contributed by atoms with E-state index < -0.39 is 48.6 Å². The molecule has 2 aromatic carbocycles. The minimum absolute atomic E-state index is 0.0322. The third-order valence-corrected chi connectivity index (χ3v) is 7.82. The van der Waals surface area contributed by atoms with Crippen molar-refractivity contribution in [3.05, 3.63) is 92.9 Å². The van der Waals surface area contributed by atoms with Crippen LogP contribution in [0.1, 0.15) is 11.1 Å². The summed E-state index contributed by atoms with van der Waals surface area (Å²) in [5.74, 6) is -0.178. The predicted octanol–water partition coefficient (Wildman–Crippen LogP) is 0.510. The topological polar surface area (TPSA) is 240 Å². The molecule has 4 N–H and O–H groups in total. The molecular formula is C31H28N6O12. The van der Waals surface area contributed by atoms with Crippen LogP contribution in [-0.2, 0) is 22.6 Å². The van der Waals surface area contributed by atoms with Gasteiger partial charge in [-0.1, -0.05) is 20.6 Å². The van der Waals surface area contributed by atoms with Gasteiger partial charge < -0.3 is 48.2 Å². The first-order valence-corrected chi connectivity index (χ1v) is 14.8. The number of fused-ring (bicyclic) bond motifs is 2. The molecule has 4 aromatic heterocycles. The number of nitrogens with zero attached hydrogens (tertiary/aromatic N) is 6. The Hall–Kier alpha value is -5.82. The third kappa shape index (κ3) is 6.52. The molecule has 0 aliphatic carbocycles. The van der Waals surface area contributed by atoms with Gasteiger partial charge in [0.25, 0.3) is 11.8 Å². The van der Waals surface area contributed by atoms with E-state index in [1.807, 2.05) is 0 Å². The summed E-state index contributed by atoms with van der Waals surface area (Å²) in [5.41, 5.74) is -0.299. The molecule has 5 heterocycles. The van der Waals surface area contributed by atoms with Crippen LogP contribution in [0.3, 0.4) is 0 Å². The quantitative estimate of drug-likeness (QED) is 0.145. The Morgan fingerprint density at radius 1 is 0.776 bits per heavy atom. The number of benzene rings is 2. The van der Waals surface area contributed by atoms with Gasteiger partial charge in [-0.3, -0.25) is 0 Å². The number of methoxy groups -OCH3 is 1. The van der Waals surface area contributed by atoms with E-state index in [1.165, 1.54) is 53.1 Å². The minimum atomic E-state index is -1.44. The summed E-state index contributed by atoms with van der Waals surface area (Å²) in [6.07, 6.45) is -3.34. The number of phenolic OH excluding ortho intramolecular Hbond substituents is 2. The van der Waals surface area contributed by atoms with Crippen LogP contribution >= 0.6 is 0 Å². The monoisotopic (exact) mass is 676 g/mol. The number of aliphatic hydroxyl groups is 2. The van der Waals surface area contributed by atoms with E-state index in [2.05, 4.69) is 20.6 Å². The Morgan fingerprint density at radius 3 is 1.78 bits per heavy atom. The molecule has 254 valence electrons. The van der Waals surface area contributed by atoms with Gasteiger partial charge in [0.1, 0.15) is 34.9 Å². The Balaban J connectivity index is 1.10. The average Bonchev–Trinajstić information content (AvgIpc) is 3.72. The van der Waals surface area contributed by atoms with Crippen molar-refractivity contribution in [3.8, 4) is 23.3 Å². The lowest BCUT2D eigenvalue weighted by Gasteiger charge is -2.42. The van der Waals surface area contributed by atoms with E-state index in [-0.39, 0.29) is 58.6 Å². The van der Waals surface area contributed by atoms with Gasteiger partial charge in [0.15, 0.2) is 18.5 Å². The summed E-state index contributed by atoms with van der Waals surface area (Å²) in [5, 5.41) is 57.8. The summed E-state index contributed by atoms with van der Waals surface area (Å²) in [7, 11) is 1.31. The van der Waals surface area contributed by atoms with Crippen LogP contribution in [0.2, 0.25) is 0 Å². The van der Waals surface area contributed by atoms with Crippen molar-refractivity contribution in [1.82, 2.24) is 30.0 Å². The van der Waals surface area contributed by atoms with E-state index in [1.54, 1.807) is 24.3 Å². The van der Waals surface area contributed by atoms with Crippen molar-refractivity contribution in [2.75, 3.05) is 13.7 Å². The number of aliphatic hydroxyl groups excluding tert-OH is 2. The van der Waals surface area contributed by atoms with E-state index in [0.29, 0.717) is 10.8 Å². The number of aromatic hydroxyl groups is 2. The lowest BCUT2D eigenvalue weighted by molar-refractivity contribution is -0.286. The van der Waals surface area contributed by atoms with Gasteiger partial charge >= 0.3 is 11.3 Å². The fourth-order valence-corrected chi connectivity index (χ4v) is 5.47. The van der Waals surface area contributed by atoms with Crippen molar-refractivity contribution >= 4 is 21.9 Å². The Labute approximate surface area is 273 Å². The molecule has 0 unspecified atom stereocenters. The normalized spacial score (nSPS) is 20.9. The summed E-state index contributed by atoms with van der Waals surface area (Å²) in [4.78, 5) is 25.1. The van der Waals surface area contributed by atoms with E-state index in [0.717, 1.165) is 0 Å².